The van der Waals surface area contributed by atoms with E-state index in [4.69, 9.17) is 9.47 Å². The smallest absolute Gasteiger partial charge is 0.149 e. The maximum absolute atomic E-state index is 15.7. The first-order chi connectivity index (χ1) is 24.1. The Hall–Kier alpha value is -4.48. The van der Waals surface area contributed by atoms with E-state index in [2.05, 4.69) is 19.8 Å². The van der Waals surface area contributed by atoms with Crippen molar-refractivity contribution in [3.8, 4) is 22.6 Å². The van der Waals surface area contributed by atoms with Gasteiger partial charge in [-0.15, -0.1) is 0 Å². The zero-order chi connectivity index (χ0) is 35.4. The molecule has 6 rings (SSSR count). The zero-order valence-corrected chi connectivity index (χ0v) is 29.0. The monoisotopic (exact) mass is 682 g/mol. The second-order valence-corrected chi connectivity index (χ2v) is 13.1. The van der Waals surface area contributed by atoms with Crippen LogP contribution in [-0.2, 0) is 13.1 Å². The second kappa shape index (κ2) is 15.6. The fraction of sp³-hybridized carbons (Fsp3) is 0.350. The molecule has 2 aliphatic heterocycles. The van der Waals surface area contributed by atoms with Crippen molar-refractivity contribution in [1.29, 1.82) is 0 Å². The molecule has 0 spiro atoms. The van der Waals surface area contributed by atoms with Gasteiger partial charge in [-0.3, -0.25) is 19.8 Å². The van der Waals surface area contributed by atoms with E-state index < -0.39 is 11.7 Å². The molecule has 0 bridgehead atoms. The van der Waals surface area contributed by atoms with E-state index in [9.17, 15) is 10.2 Å². The summed E-state index contributed by atoms with van der Waals surface area (Å²) in [5.74, 6) is 0.111. The van der Waals surface area contributed by atoms with E-state index in [1.165, 1.54) is 12.2 Å². The summed E-state index contributed by atoms with van der Waals surface area (Å²) < 4.78 is 42.6. The number of nitrogens with zero attached hydrogens (tertiary/aromatic N) is 4. The molecule has 0 unspecified atom stereocenters. The Morgan fingerprint density at radius 3 is 1.52 bits per heavy atom. The second-order valence-electron chi connectivity index (χ2n) is 13.1. The van der Waals surface area contributed by atoms with E-state index in [-0.39, 0.29) is 23.6 Å². The predicted molar refractivity (Wildman–Crippen MR) is 193 cm³/mol. The molecule has 2 saturated heterocycles. The van der Waals surface area contributed by atoms with Crippen molar-refractivity contribution < 1.29 is 28.5 Å². The molecule has 4 heterocycles. The predicted octanol–water partition coefficient (Wildman–Crippen LogP) is 6.85. The molecule has 0 radical (unpaired) electrons. The molecule has 4 aromatic rings. The lowest BCUT2D eigenvalue weighted by molar-refractivity contribution is 0.174. The number of halogens is 2. The maximum Gasteiger partial charge on any atom is 0.149 e. The van der Waals surface area contributed by atoms with Crippen molar-refractivity contribution in [2.75, 3.05) is 40.4 Å². The highest BCUT2D eigenvalue weighted by molar-refractivity contribution is 5.84. The minimum absolute atomic E-state index is 0.170. The van der Waals surface area contributed by atoms with Crippen LogP contribution in [0.15, 0.2) is 60.9 Å². The Balaban J connectivity index is 1.23. The van der Waals surface area contributed by atoms with E-state index in [0.717, 1.165) is 59.3 Å². The first-order valence-corrected chi connectivity index (χ1v) is 16.9. The molecule has 2 aromatic heterocycles. The molecular formula is C40H44F2N4O4. The van der Waals surface area contributed by atoms with Crippen LogP contribution in [0.4, 0.5) is 8.78 Å². The van der Waals surface area contributed by atoms with Crippen LogP contribution in [0, 0.1) is 13.8 Å². The van der Waals surface area contributed by atoms with Gasteiger partial charge in [-0.1, -0.05) is 36.4 Å². The van der Waals surface area contributed by atoms with Gasteiger partial charge < -0.3 is 19.7 Å². The van der Waals surface area contributed by atoms with E-state index >= 15 is 8.78 Å². The number of rotatable bonds is 11. The minimum Gasteiger partial charge on any atom is -0.496 e. The highest BCUT2D eigenvalue weighted by Gasteiger charge is 2.23. The van der Waals surface area contributed by atoms with Crippen molar-refractivity contribution in [2.24, 2.45) is 0 Å². The van der Waals surface area contributed by atoms with Gasteiger partial charge in [0, 0.05) is 74.9 Å². The number of ether oxygens (including phenoxy) is 2. The van der Waals surface area contributed by atoms with Crippen molar-refractivity contribution in [3.05, 3.63) is 106 Å². The minimum atomic E-state index is -0.492. The quantitative estimate of drug-likeness (QED) is 0.178. The lowest BCUT2D eigenvalue weighted by atomic mass is 9.91. The summed E-state index contributed by atoms with van der Waals surface area (Å²) in [6.07, 6.45) is 7.03. The van der Waals surface area contributed by atoms with Gasteiger partial charge in [0.1, 0.15) is 34.5 Å². The Bertz CT molecular complexity index is 1780. The van der Waals surface area contributed by atoms with Crippen LogP contribution in [0.5, 0.6) is 11.5 Å². The summed E-state index contributed by atoms with van der Waals surface area (Å²) in [6.45, 7) is 7.79. The fourth-order valence-corrected chi connectivity index (χ4v) is 6.83. The maximum atomic E-state index is 15.7. The molecule has 2 fully saturated rings. The van der Waals surface area contributed by atoms with E-state index in [0.29, 0.717) is 48.8 Å². The molecule has 8 nitrogen and oxygen atoms in total. The highest BCUT2D eigenvalue weighted by Crippen LogP contribution is 2.34. The molecule has 2 aromatic carbocycles. The number of aliphatic hydroxyl groups is 2. The van der Waals surface area contributed by atoms with Gasteiger partial charge in [0.15, 0.2) is 0 Å². The van der Waals surface area contributed by atoms with Crippen molar-refractivity contribution in [3.63, 3.8) is 0 Å². The summed E-state index contributed by atoms with van der Waals surface area (Å²) >= 11 is 0. The SMILES string of the molecule is COc1cc(/C(F)=C/c2cccc(-c3cccc(/C=C(\F)c4cc(OC)c(CN5CC[C@@H](O)C5)cn4)c3C)c2C)ncc1CN1CC[C@@H](O)C1. The number of β-amino-alcohol motifs (C(OH)–C–C–N with tert-alkyl or cyclic N) is 2. The van der Waals surface area contributed by atoms with Crippen LogP contribution in [-0.4, -0.2) is 82.6 Å². The normalized spacial score (nSPS) is 19.0. The van der Waals surface area contributed by atoms with Crippen LogP contribution in [0.3, 0.4) is 0 Å². The Kier molecular flexibility index (Phi) is 11.0. The number of pyridine rings is 2. The van der Waals surface area contributed by atoms with Gasteiger partial charge in [0.25, 0.3) is 0 Å². The Morgan fingerprint density at radius 1 is 0.740 bits per heavy atom. The van der Waals surface area contributed by atoms with Gasteiger partial charge >= 0.3 is 0 Å². The molecule has 0 amide bonds. The molecular weight excluding hydrogens is 638 g/mol. The molecule has 2 N–H and O–H groups in total. The van der Waals surface area contributed by atoms with Crippen molar-refractivity contribution in [2.45, 2.75) is 52.0 Å². The average molecular weight is 683 g/mol. The van der Waals surface area contributed by atoms with Crippen molar-refractivity contribution >= 4 is 23.8 Å². The number of aromatic nitrogens is 2. The first kappa shape index (κ1) is 35.3. The number of benzene rings is 2. The van der Waals surface area contributed by atoms with E-state index in [1.807, 2.05) is 50.2 Å². The number of likely N-dealkylation sites (tertiary alicyclic amines) is 2. The standard InChI is InChI=1S/C40H44F2N4O4/c1-25-27(15-35(41)37-17-39(49-3)29(19-43-37)21-45-13-11-31(47)23-45)7-5-9-33(25)34-10-6-8-28(26(34)2)16-36(42)38-18-40(50-4)30(20-44-38)22-46-14-12-32(48)24-46/h5-10,15-20,31-32,47-48H,11-14,21-24H2,1-4H3/b35-15-,36-16-/t31-,32-/m1/s1. The average Bonchev–Trinajstić information content (AvgIpc) is 3.73. The van der Waals surface area contributed by atoms with Crippen LogP contribution in [0.1, 0.15) is 57.6 Å². The molecule has 2 atom stereocenters. The molecule has 50 heavy (non-hydrogen) atoms. The summed E-state index contributed by atoms with van der Waals surface area (Å²) in [4.78, 5) is 13.0. The van der Waals surface area contributed by atoms with Crippen LogP contribution in [0.25, 0.3) is 34.9 Å². The number of hydrogen-bond acceptors (Lipinski definition) is 8. The van der Waals surface area contributed by atoms with Gasteiger partial charge in [-0.05, 0) is 72.2 Å². The summed E-state index contributed by atoms with van der Waals surface area (Å²) in [5, 5.41) is 19.7. The first-order valence-electron chi connectivity index (χ1n) is 16.9. The van der Waals surface area contributed by atoms with Gasteiger partial charge in [-0.25, -0.2) is 8.78 Å². The number of methoxy groups -OCH3 is 2. The lowest BCUT2D eigenvalue weighted by Gasteiger charge is -2.17. The van der Waals surface area contributed by atoms with Crippen LogP contribution in [0.2, 0.25) is 0 Å². The van der Waals surface area contributed by atoms with Gasteiger partial charge in [0.05, 0.1) is 26.4 Å². The van der Waals surface area contributed by atoms with Gasteiger partial charge in [-0.2, -0.15) is 0 Å². The number of hydrogen-bond donors (Lipinski definition) is 2. The third-order valence-corrected chi connectivity index (χ3v) is 9.71. The highest BCUT2D eigenvalue weighted by atomic mass is 19.1. The Labute approximate surface area is 292 Å². The summed E-state index contributed by atoms with van der Waals surface area (Å²) in [6, 6.07) is 14.7. The third kappa shape index (κ3) is 7.94. The van der Waals surface area contributed by atoms with Crippen LogP contribution < -0.4 is 9.47 Å². The molecule has 10 heteroatoms. The topological polar surface area (TPSA) is 91.2 Å². The van der Waals surface area contributed by atoms with Gasteiger partial charge in [0.2, 0.25) is 0 Å². The number of aliphatic hydroxyl groups excluding tert-OH is 2. The summed E-state index contributed by atoms with van der Waals surface area (Å²) in [7, 11) is 3.11. The summed E-state index contributed by atoms with van der Waals surface area (Å²) in [5.41, 5.74) is 6.96. The largest absolute Gasteiger partial charge is 0.496 e. The van der Waals surface area contributed by atoms with Crippen molar-refractivity contribution in [1.82, 2.24) is 19.8 Å². The van der Waals surface area contributed by atoms with E-state index in [1.54, 1.807) is 38.7 Å². The molecule has 0 aliphatic carbocycles. The van der Waals surface area contributed by atoms with Crippen LogP contribution >= 0.6 is 0 Å². The molecule has 262 valence electrons. The Morgan fingerprint density at radius 2 is 1.16 bits per heavy atom. The molecule has 0 saturated carbocycles. The molecule has 2 aliphatic rings. The third-order valence-electron chi connectivity index (χ3n) is 9.71. The fourth-order valence-electron chi connectivity index (χ4n) is 6.83. The lowest BCUT2D eigenvalue weighted by Crippen LogP contribution is -2.22. The zero-order valence-electron chi connectivity index (χ0n) is 29.0.